The van der Waals surface area contributed by atoms with Crippen LogP contribution in [0.4, 0.5) is 0 Å². The number of carbonyl (C=O) groups excluding carboxylic acids is 2. The van der Waals surface area contributed by atoms with Gasteiger partial charge in [0.25, 0.3) is 0 Å². The van der Waals surface area contributed by atoms with E-state index < -0.39 is 61.6 Å². The first-order valence-corrected chi connectivity index (χ1v) is 14.1. The summed E-state index contributed by atoms with van der Waals surface area (Å²) in [5.74, 6) is -0.664. The predicted molar refractivity (Wildman–Crippen MR) is 142 cm³/mol. The van der Waals surface area contributed by atoms with Gasteiger partial charge in [-0.05, 0) is 65.8 Å². The van der Waals surface area contributed by atoms with E-state index in [2.05, 4.69) is 0 Å². The van der Waals surface area contributed by atoms with E-state index in [1.807, 2.05) is 0 Å². The molecule has 0 aliphatic carbocycles. The summed E-state index contributed by atoms with van der Waals surface area (Å²) in [5, 5.41) is 11.2. The summed E-state index contributed by atoms with van der Waals surface area (Å²) in [4.78, 5) is 25.3. The number of ether oxygens (including phenoxy) is 3. The van der Waals surface area contributed by atoms with Crippen molar-refractivity contribution in [2.24, 2.45) is 10.8 Å². The quantitative estimate of drug-likeness (QED) is 0.330. The molecular weight excluding hydrogens is 527 g/mol. The van der Waals surface area contributed by atoms with Gasteiger partial charge in [0.15, 0.2) is 12.2 Å². The van der Waals surface area contributed by atoms with Crippen molar-refractivity contribution in [3.8, 4) is 11.5 Å². The molecule has 4 atom stereocenters. The third-order valence-electron chi connectivity index (χ3n) is 5.60. The average Bonchev–Trinajstić information content (AvgIpc) is 2.85. The number of aliphatic hydroxyl groups is 1. The summed E-state index contributed by atoms with van der Waals surface area (Å²) >= 11 is 0. The molecule has 2 aromatic rings. The van der Waals surface area contributed by atoms with Crippen LogP contribution in [0.2, 0.25) is 0 Å². The lowest BCUT2D eigenvalue weighted by Crippen LogP contribution is -2.58. The summed E-state index contributed by atoms with van der Waals surface area (Å²) in [7, 11) is -4.27. The number of carbonyl (C=O) groups is 2. The molecule has 1 aliphatic rings. The van der Waals surface area contributed by atoms with Crippen molar-refractivity contribution in [3.63, 3.8) is 0 Å². The van der Waals surface area contributed by atoms with Crippen molar-refractivity contribution in [3.05, 3.63) is 60.7 Å². The lowest BCUT2D eigenvalue weighted by molar-refractivity contribution is -0.228. The monoisotopic (exact) mass is 564 g/mol. The third-order valence-corrected chi connectivity index (χ3v) is 6.94. The minimum absolute atomic E-state index is 0.196. The Morgan fingerprint density at radius 3 is 1.77 bits per heavy atom. The molecule has 11 heteroatoms. The van der Waals surface area contributed by atoms with Gasteiger partial charge in [0.05, 0.1) is 24.0 Å². The molecule has 1 heterocycles. The smallest absolute Gasteiger partial charge is 0.455 e. The van der Waals surface area contributed by atoms with Crippen LogP contribution < -0.4 is 9.05 Å². The number of phosphoric acid groups is 1. The molecule has 3 rings (SSSR count). The fourth-order valence-electron chi connectivity index (χ4n) is 3.31. The molecule has 0 amide bonds. The fraction of sp³-hybridized carbons (Fsp3) is 0.500. The third kappa shape index (κ3) is 8.80. The predicted octanol–water partition coefficient (Wildman–Crippen LogP) is 4.94. The zero-order valence-electron chi connectivity index (χ0n) is 23.1. The minimum atomic E-state index is -4.27. The summed E-state index contributed by atoms with van der Waals surface area (Å²) in [5.41, 5.74) is -1.72. The van der Waals surface area contributed by atoms with E-state index in [0.717, 1.165) is 0 Å². The van der Waals surface area contributed by atoms with E-state index in [1.54, 1.807) is 102 Å². The van der Waals surface area contributed by atoms with Crippen molar-refractivity contribution in [2.75, 3.05) is 13.2 Å². The lowest BCUT2D eigenvalue weighted by atomic mass is 9.95. The molecule has 0 radical (unpaired) electrons. The van der Waals surface area contributed by atoms with Crippen molar-refractivity contribution in [2.45, 2.75) is 66.0 Å². The van der Waals surface area contributed by atoms with Crippen LogP contribution in [0, 0.1) is 10.8 Å². The molecule has 39 heavy (non-hydrogen) atoms. The van der Waals surface area contributed by atoms with E-state index in [0.29, 0.717) is 0 Å². The van der Waals surface area contributed by atoms with E-state index in [-0.39, 0.29) is 18.1 Å². The van der Waals surface area contributed by atoms with Crippen LogP contribution in [0.3, 0.4) is 0 Å². The highest BCUT2D eigenvalue weighted by Crippen LogP contribution is 2.50. The molecule has 10 nitrogen and oxygen atoms in total. The van der Waals surface area contributed by atoms with Gasteiger partial charge in [-0.25, -0.2) is 4.57 Å². The van der Waals surface area contributed by atoms with Gasteiger partial charge in [-0.15, -0.1) is 0 Å². The van der Waals surface area contributed by atoms with Crippen LogP contribution in [0.5, 0.6) is 11.5 Å². The van der Waals surface area contributed by atoms with Gasteiger partial charge in [0, 0.05) is 0 Å². The number of rotatable bonds is 9. The second-order valence-electron chi connectivity index (χ2n) is 11.2. The topological polar surface area (TPSA) is 127 Å². The van der Waals surface area contributed by atoms with Gasteiger partial charge in [-0.1, -0.05) is 36.4 Å². The van der Waals surface area contributed by atoms with Crippen molar-refractivity contribution in [1.82, 2.24) is 0 Å². The van der Waals surface area contributed by atoms with Gasteiger partial charge < -0.3 is 28.4 Å². The first-order chi connectivity index (χ1) is 18.2. The Hall–Kier alpha value is -2.91. The highest BCUT2D eigenvalue weighted by Gasteiger charge is 2.47. The maximum absolute atomic E-state index is 13.7. The first-order valence-electron chi connectivity index (χ1n) is 12.6. The maximum atomic E-state index is 13.7. The minimum Gasteiger partial charge on any atom is -0.455 e. The Bertz CT molecular complexity index is 1090. The summed E-state index contributed by atoms with van der Waals surface area (Å²) in [6, 6.07) is 16.7. The highest BCUT2D eigenvalue weighted by molar-refractivity contribution is 7.49. The van der Waals surface area contributed by atoms with Crippen molar-refractivity contribution >= 4 is 19.8 Å². The molecule has 1 N–H and O–H groups in total. The first kappa shape index (κ1) is 30.6. The Labute approximate surface area is 229 Å². The molecule has 1 aliphatic heterocycles. The van der Waals surface area contributed by atoms with Crippen molar-refractivity contribution in [1.29, 1.82) is 0 Å². The number of hydrogen-bond donors (Lipinski definition) is 1. The molecule has 2 aromatic carbocycles. The van der Waals surface area contributed by atoms with Gasteiger partial charge in [-0.2, -0.15) is 0 Å². The van der Waals surface area contributed by atoms with Crippen LogP contribution >= 0.6 is 7.82 Å². The van der Waals surface area contributed by atoms with Gasteiger partial charge in [0.1, 0.15) is 23.7 Å². The van der Waals surface area contributed by atoms with E-state index in [4.69, 9.17) is 27.8 Å². The van der Waals surface area contributed by atoms with Crippen LogP contribution in [0.15, 0.2) is 60.7 Å². The Morgan fingerprint density at radius 2 is 1.31 bits per heavy atom. The molecule has 0 spiro atoms. The molecule has 214 valence electrons. The van der Waals surface area contributed by atoms with E-state index in [9.17, 15) is 19.3 Å². The van der Waals surface area contributed by atoms with Crippen molar-refractivity contribution < 1.29 is 47.0 Å². The zero-order valence-corrected chi connectivity index (χ0v) is 24.0. The number of para-hydroxylation sites is 2. The van der Waals surface area contributed by atoms with Gasteiger partial charge >= 0.3 is 19.8 Å². The molecule has 0 unspecified atom stereocenters. The summed E-state index contributed by atoms with van der Waals surface area (Å²) in [6.07, 6.45) is -4.92. The standard InChI is InChI=1S/C28H37O10P/c1-27(2,3)25(30)35-22-17-33-21(23(29)24(22)36-26(31)28(4,5)6)18-34-39(32,37-19-13-9-7-10-14-19)38-20-15-11-8-12-16-20/h7-16,21-24,29H,17-18H2,1-6H3/t21-,22+,23-,24-/m1/s1. The molecule has 1 saturated heterocycles. The van der Waals surface area contributed by atoms with Gasteiger partial charge in [-0.3, -0.25) is 14.1 Å². The number of aliphatic hydroxyl groups excluding tert-OH is 1. The Morgan fingerprint density at radius 1 is 0.846 bits per heavy atom. The SMILES string of the molecule is CC(C)(C)C(=O)O[C@H]1[C@H](O)[C@@H](COP(=O)(Oc2ccccc2)Oc2ccccc2)OC[C@@H]1OC(=O)C(C)(C)C. The molecule has 0 bridgehead atoms. The van der Waals surface area contributed by atoms with Gasteiger partial charge in [0.2, 0.25) is 0 Å². The van der Waals surface area contributed by atoms with Crippen LogP contribution in [-0.4, -0.2) is 54.7 Å². The fourth-order valence-corrected chi connectivity index (χ4v) is 4.54. The zero-order chi connectivity index (χ0) is 28.8. The molecule has 1 fully saturated rings. The molecule has 0 saturated carbocycles. The summed E-state index contributed by atoms with van der Waals surface area (Å²) < 4.78 is 47.4. The van der Waals surface area contributed by atoms with E-state index >= 15 is 0 Å². The van der Waals surface area contributed by atoms with Crippen LogP contribution in [0.1, 0.15) is 41.5 Å². The number of esters is 2. The Balaban J connectivity index is 1.79. The second kappa shape index (κ2) is 12.5. The number of phosphoric ester groups is 1. The molecule has 0 aromatic heterocycles. The van der Waals surface area contributed by atoms with Crippen LogP contribution in [0.25, 0.3) is 0 Å². The normalized spacial score (nSPS) is 22.0. The largest absolute Gasteiger partial charge is 0.587 e. The maximum Gasteiger partial charge on any atom is 0.587 e. The van der Waals surface area contributed by atoms with Crippen LogP contribution in [-0.2, 0) is 32.9 Å². The summed E-state index contributed by atoms with van der Waals surface area (Å²) in [6.45, 7) is 9.39. The average molecular weight is 565 g/mol. The second-order valence-corrected chi connectivity index (χ2v) is 12.7. The number of hydrogen-bond acceptors (Lipinski definition) is 10. The lowest BCUT2D eigenvalue weighted by Gasteiger charge is -2.40. The number of benzene rings is 2. The van der Waals surface area contributed by atoms with E-state index in [1.165, 1.54) is 0 Å². The molecular formula is C28H37O10P. The highest BCUT2D eigenvalue weighted by atomic mass is 31.2. The Kier molecular flexibility index (Phi) is 9.83.